The van der Waals surface area contributed by atoms with Gasteiger partial charge in [0.25, 0.3) is 0 Å². The van der Waals surface area contributed by atoms with Gasteiger partial charge in [0.15, 0.2) is 0 Å². The molecule has 36 heavy (non-hydrogen) atoms. The molecule has 0 saturated heterocycles. The molecular weight excluding hydrogens is 478 g/mol. The Labute approximate surface area is 209 Å². The van der Waals surface area contributed by atoms with E-state index in [0.29, 0.717) is 25.8 Å². The third kappa shape index (κ3) is 14.2. The first-order valence-corrected chi connectivity index (χ1v) is 11.8. The van der Waals surface area contributed by atoms with Crippen molar-refractivity contribution in [3.05, 3.63) is 0 Å². The Morgan fingerprint density at radius 1 is 0.694 bits per heavy atom. The zero-order valence-corrected chi connectivity index (χ0v) is 20.7. The molecule has 0 aromatic rings. The van der Waals surface area contributed by atoms with Crippen LogP contribution in [-0.4, -0.2) is 81.7 Å². The molecular formula is C22H39N5O9. The number of carbonyl (C=O) groups excluding carboxylic acids is 3. The first kappa shape index (κ1) is 32.7. The minimum atomic E-state index is -1.50. The Balaban J connectivity index is 5.59. The molecule has 14 heteroatoms. The van der Waals surface area contributed by atoms with Gasteiger partial charge in [0.2, 0.25) is 17.7 Å². The van der Waals surface area contributed by atoms with Gasteiger partial charge in [-0.1, -0.05) is 13.8 Å². The third-order valence-electron chi connectivity index (χ3n) is 5.18. The van der Waals surface area contributed by atoms with E-state index in [4.69, 9.17) is 21.7 Å². The van der Waals surface area contributed by atoms with Crippen molar-refractivity contribution in [1.29, 1.82) is 0 Å². The van der Waals surface area contributed by atoms with E-state index in [2.05, 4.69) is 16.0 Å². The highest BCUT2D eigenvalue weighted by atomic mass is 16.4. The highest BCUT2D eigenvalue weighted by Gasteiger charge is 2.30. The van der Waals surface area contributed by atoms with Gasteiger partial charge < -0.3 is 42.7 Å². The Morgan fingerprint density at radius 2 is 1.14 bits per heavy atom. The fraction of sp³-hybridized carbons (Fsp3) is 0.727. The lowest BCUT2D eigenvalue weighted by molar-refractivity contribution is -0.143. The van der Waals surface area contributed by atoms with E-state index >= 15 is 0 Å². The summed E-state index contributed by atoms with van der Waals surface area (Å²) >= 11 is 0. The molecule has 0 fully saturated rings. The molecule has 0 aromatic heterocycles. The maximum absolute atomic E-state index is 13.0. The Hall–Kier alpha value is -3.26. The van der Waals surface area contributed by atoms with Gasteiger partial charge in [0, 0.05) is 12.8 Å². The number of amides is 3. The lowest BCUT2D eigenvalue weighted by Crippen LogP contribution is -2.57. The van der Waals surface area contributed by atoms with E-state index in [9.17, 15) is 33.9 Å². The molecule has 0 spiro atoms. The number of rotatable bonds is 19. The second-order valence-corrected chi connectivity index (χ2v) is 8.91. The Morgan fingerprint density at radius 3 is 1.58 bits per heavy atom. The monoisotopic (exact) mass is 517 g/mol. The number of carboxylic acids is 3. The summed E-state index contributed by atoms with van der Waals surface area (Å²) in [6, 6.07) is -4.97. The number of unbranched alkanes of at least 4 members (excludes halogenated alkanes) is 1. The molecule has 10 N–H and O–H groups in total. The normalized spacial score (nSPS) is 14.2. The van der Waals surface area contributed by atoms with Gasteiger partial charge in [-0.3, -0.25) is 24.0 Å². The number of carbonyl (C=O) groups is 6. The number of nitrogens with two attached hydrogens (primary N) is 2. The molecule has 0 aliphatic heterocycles. The lowest BCUT2D eigenvalue weighted by Gasteiger charge is -2.25. The fourth-order valence-electron chi connectivity index (χ4n) is 3.26. The Bertz CT molecular complexity index is 775. The number of aliphatic carboxylic acids is 3. The van der Waals surface area contributed by atoms with E-state index in [1.807, 2.05) is 13.8 Å². The summed E-state index contributed by atoms with van der Waals surface area (Å²) in [7, 11) is 0. The van der Waals surface area contributed by atoms with Crippen molar-refractivity contribution in [3.63, 3.8) is 0 Å². The largest absolute Gasteiger partial charge is 0.481 e. The number of hydrogen-bond acceptors (Lipinski definition) is 8. The molecule has 0 saturated carbocycles. The van der Waals surface area contributed by atoms with Crippen molar-refractivity contribution in [2.24, 2.45) is 17.4 Å². The van der Waals surface area contributed by atoms with Crippen LogP contribution in [0.15, 0.2) is 0 Å². The summed E-state index contributed by atoms with van der Waals surface area (Å²) in [6.45, 7) is 4.02. The van der Waals surface area contributed by atoms with Crippen molar-refractivity contribution in [3.8, 4) is 0 Å². The topological polar surface area (TPSA) is 251 Å². The van der Waals surface area contributed by atoms with Crippen LogP contribution in [-0.2, 0) is 28.8 Å². The van der Waals surface area contributed by atoms with Crippen molar-refractivity contribution in [1.82, 2.24) is 16.0 Å². The van der Waals surface area contributed by atoms with Crippen LogP contribution in [0.25, 0.3) is 0 Å². The van der Waals surface area contributed by atoms with Crippen molar-refractivity contribution < 1.29 is 44.1 Å². The van der Waals surface area contributed by atoms with Crippen molar-refractivity contribution in [2.75, 3.05) is 6.54 Å². The molecule has 14 nitrogen and oxygen atoms in total. The number of hydrogen-bond donors (Lipinski definition) is 8. The van der Waals surface area contributed by atoms with Crippen LogP contribution in [0.4, 0.5) is 0 Å². The number of nitrogens with one attached hydrogen (secondary N) is 3. The van der Waals surface area contributed by atoms with E-state index in [1.165, 1.54) is 0 Å². The second kappa shape index (κ2) is 17.2. The summed E-state index contributed by atoms with van der Waals surface area (Å²) in [5.74, 6) is -6.15. The Kier molecular flexibility index (Phi) is 15.7. The standard InChI is InChI=1S/C22H39N5O9/c1-12(2)11-13(24)19(32)25-15(6-8-17(28)29)21(34)26-14(5-3-4-10-23)20(33)27-16(22(35)36)7-9-18(30)31/h12-16H,3-11,23-24H2,1-2H3,(H,25,32)(H,26,34)(H,27,33)(H,28,29)(H,30,31)(H,35,36). The van der Waals surface area contributed by atoms with Crippen molar-refractivity contribution in [2.45, 2.75) is 89.4 Å². The molecule has 0 aliphatic carbocycles. The molecule has 0 aliphatic rings. The summed E-state index contributed by atoms with van der Waals surface area (Å²) < 4.78 is 0. The average molecular weight is 518 g/mol. The predicted octanol–water partition coefficient (Wildman–Crippen LogP) is -1.24. The molecule has 206 valence electrons. The van der Waals surface area contributed by atoms with E-state index in [0.717, 1.165) is 0 Å². The van der Waals surface area contributed by atoms with Gasteiger partial charge in [-0.25, -0.2) is 4.79 Å². The SMILES string of the molecule is CC(C)CC(N)C(=O)NC(CCC(=O)O)C(=O)NC(CCCCN)C(=O)NC(CCC(=O)O)C(=O)O. The van der Waals surface area contributed by atoms with Crippen LogP contribution >= 0.6 is 0 Å². The van der Waals surface area contributed by atoms with Crippen LogP contribution < -0.4 is 27.4 Å². The van der Waals surface area contributed by atoms with Crippen LogP contribution in [0.5, 0.6) is 0 Å². The van der Waals surface area contributed by atoms with Gasteiger partial charge >= 0.3 is 17.9 Å². The maximum atomic E-state index is 13.0. The van der Waals surface area contributed by atoms with Crippen LogP contribution in [0.3, 0.4) is 0 Å². The van der Waals surface area contributed by atoms with Crippen LogP contribution in [0, 0.1) is 5.92 Å². The van der Waals surface area contributed by atoms with E-state index in [-0.39, 0.29) is 25.2 Å². The summed E-state index contributed by atoms with van der Waals surface area (Å²) in [5, 5.41) is 34.2. The minimum Gasteiger partial charge on any atom is -0.481 e. The van der Waals surface area contributed by atoms with Gasteiger partial charge in [0.05, 0.1) is 6.04 Å². The van der Waals surface area contributed by atoms with Gasteiger partial charge in [0.1, 0.15) is 18.1 Å². The summed E-state index contributed by atoms with van der Waals surface area (Å²) in [6.07, 6.45) is -0.279. The quantitative estimate of drug-likeness (QED) is 0.0940. The minimum absolute atomic E-state index is 0.0759. The smallest absolute Gasteiger partial charge is 0.326 e. The van der Waals surface area contributed by atoms with Crippen LogP contribution in [0.1, 0.15) is 65.2 Å². The van der Waals surface area contributed by atoms with Crippen LogP contribution in [0.2, 0.25) is 0 Å². The van der Waals surface area contributed by atoms with Gasteiger partial charge in [-0.15, -0.1) is 0 Å². The molecule has 0 aromatic carbocycles. The second-order valence-electron chi connectivity index (χ2n) is 8.91. The average Bonchev–Trinajstić information content (AvgIpc) is 2.77. The zero-order chi connectivity index (χ0) is 27.8. The molecule has 4 unspecified atom stereocenters. The first-order valence-electron chi connectivity index (χ1n) is 11.8. The molecule has 0 rings (SSSR count). The van der Waals surface area contributed by atoms with E-state index < -0.39 is 72.6 Å². The highest BCUT2D eigenvalue weighted by Crippen LogP contribution is 2.08. The fourth-order valence-corrected chi connectivity index (χ4v) is 3.26. The highest BCUT2D eigenvalue weighted by molar-refractivity contribution is 5.94. The van der Waals surface area contributed by atoms with E-state index in [1.54, 1.807) is 0 Å². The molecule has 0 bridgehead atoms. The molecule has 3 amide bonds. The summed E-state index contributed by atoms with van der Waals surface area (Å²) in [5.41, 5.74) is 11.3. The molecule has 4 atom stereocenters. The van der Waals surface area contributed by atoms with Gasteiger partial charge in [-0.05, 0) is 51.0 Å². The predicted molar refractivity (Wildman–Crippen MR) is 128 cm³/mol. The first-order chi connectivity index (χ1) is 16.8. The molecule has 0 heterocycles. The zero-order valence-electron chi connectivity index (χ0n) is 20.7. The number of carboxylic acid groups (broad SMARTS) is 3. The lowest BCUT2D eigenvalue weighted by atomic mass is 10.0. The van der Waals surface area contributed by atoms with Crippen molar-refractivity contribution >= 4 is 35.6 Å². The van der Waals surface area contributed by atoms with Gasteiger partial charge in [-0.2, -0.15) is 0 Å². The summed E-state index contributed by atoms with van der Waals surface area (Å²) in [4.78, 5) is 71.5. The molecule has 0 radical (unpaired) electrons. The third-order valence-corrected chi connectivity index (χ3v) is 5.18. The maximum Gasteiger partial charge on any atom is 0.326 e.